The van der Waals surface area contributed by atoms with Crippen LogP contribution in [0.1, 0.15) is 26.5 Å². The van der Waals surface area contributed by atoms with E-state index in [1.54, 1.807) is 0 Å². The Kier molecular flexibility index (Phi) is 4.55. The fraction of sp³-hybridized carbons (Fsp3) is 0.455. The molecule has 1 aromatic heterocycles. The van der Waals surface area contributed by atoms with E-state index in [0.717, 1.165) is 0 Å². The summed E-state index contributed by atoms with van der Waals surface area (Å²) in [5.74, 6) is 0.391. The molecule has 0 fully saturated rings. The zero-order chi connectivity index (χ0) is 13.8. The van der Waals surface area contributed by atoms with Gasteiger partial charge in [-0.25, -0.2) is 9.97 Å². The van der Waals surface area contributed by atoms with Crippen LogP contribution < -0.4 is 16.4 Å². The lowest BCUT2D eigenvalue weighted by molar-refractivity contribution is -0.120. The molecule has 0 unspecified atom stereocenters. The van der Waals surface area contributed by atoms with Crippen LogP contribution in [0.2, 0.25) is 0 Å². The molecule has 98 valence electrons. The average Bonchev–Trinajstić information content (AvgIpc) is 2.24. The summed E-state index contributed by atoms with van der Waals surface area (Å²) in [6.45, 7) is 5.89. The molecule has 0 aliphatic carbocycles. The molecule has 1 rings (SSSR count). The van der Waals surface area contributed by atoms with Crippen molar-refractivity contribution in [2.45, 2.75) is 26.3 Å². The molecule has 4 N–H and O–H groups in total. The van der Waals surface area contributed by atoms with Crippen molar-refractivity contribution in [2.75, 3.05) is 11.9 Å². The number of nitrogens with zero attached hydrogens (tertiary/aromatic N) is 2. The maximum Gasteiger partial charge on any atom is 0.239 e. The second-order valence-electron chi connectivity index (χ2n) is 4.80. The van der Waals surface area contributed by atoms with Gasteiger partial charge in [0.05, 0.1) is 18.9 Å². The first-order valence-electron chi connectivity index (χ1n) is 5.44. The van der Waals surface area contributed by atoms with Gasteiger partial charge in [-0.3, -0.25) is 4.79 Å². The Labute approximate surface area is 111 Å². The van der Waals surface area contributed by atoms with Crippen molar-refractivity contribution >= 4 is 28.9 Å². The Bertz CT molecular complexity index is 438. The molecule has 18 heavy (non-hydrogen) atoms. The Morgan fingerprint density at radius 1 is 1.39 bits per heavy atom. The van der Waals surface area contributed by atoms with Gasteiger partial charge in [0.2, 0.25) is 5.91 Å². The molecular weight excluding hydrogens is 250 g/mol. The summed E-state index contributed by atoms with van der Waals surface area (Å²) >= 11 is 4.76. The van der Waals surface area contributed by atoms with Crippen LogP contribution in [-0.4, -0.2) is 32.9 Å². The number of aromatic nitrogens is 2. The molecule has 0 aliphatic heterocycles. The van der Waals surface area contributed by atoms with E-state index >= 15 is 0 Å². The van der Waals surface area contributed by atoms with Gasteiger partial charge < -0.3 is 16.4 Å². The molecule has 0 saturated heterocycles. The van der Waals surface area contributed by atoms with Crippen LogP contribution in [-0.2, 0) is 4.79 Å². The van der Waals surface area contributed by atoms with Crippen LogP contribution in [0.3, 0.4) is 0 Å². The van der Waals surface area contributed by atoms with Crippen molar-refractivity contribution in [2.24, 2.45) is 5.73 Å². The maximum atomic E-state index is 11.5. The number of thiocarbonyl (C=S) groups is 1. The van der Waals surface area contributed by atoms with Gasteiger partial charge in [0.15, 0.2) is 0 Å². The normalized spacial score (nSPS) is 10.8. The van der Waals surface area contributed by atoms with E-state index in [2.05, 4.69) is 20.6 Å². The first kappa shape index (κ1) is 14.3. The third kappa shape index (κ3) is 5.05. The molecule has 6 nitrogen and oxygen atoms in total. The van der Waals surface area contributed by atoms with Gasteiger partial charge in [-0.1, -0.05) is 12.2 Å². The summed E-state index contributed by atoms with van der Waals surface area (Å²) in [5.41, 5.74) is 5.60. The summed E-state index contributed by atoms with van der Waals surface area (Å²) in [5, 5.41) is 5.69. The number of carbonyl (C=O) groups excluding carboxylic acids is 1. The molecule has 1 heterocycles. The number of amides is 1. The fourth-order valence-corrected chi connectivity index (χ4v) is 1.29. The fourth-order valence-electron chi connectivity index (χ4n) is 1.18. The summed E-state index contributed by atoms with van der Waals surface area (Å²) in [6.07, 6.45) is 2.95. The minimum absolute atomic E-state index is 0.109. The maximum absolute atomic E-state index is 11.5. The lowest BCUT2D eigenvalue weighted by Gasteiger charge is -2.20. The van der Waals surface area contributed by atoms with Crippen LogP contribution in [0.15, 0.2) is 12.4 Å². The van der Waals surface area contributed by atoms with Gasteiger partial charge in [0.1, 0.15) is 16.5 Å². The number of rotatable bonds is 4. The lowest BCUT2D eigenvalue weighted by atomic mass is 10.1. The van der Waals surface area contributed by atoms with Gasteiger partial charge in [0, 0.05) is 5.54 Å². The Balaban J connectivity index is 2.49. The van der Waals surface area contributed by atoms with E-state index in [1.807, 2.05) is 20.8 Å². The molecular formula is C11H17N5OS. The van der Waals surface area contributed by atoms with Crippen LogP contribution in [0.5, 0.6) is 0 Å². The van der Waals surface area contributed by atoms with Crippen molar-refractivity contribution in [3.05, 3.63) is 18.1 Å². The number of nitrogens with one attached hydrogen (secondary N) is 2. The standard InChI is InChI=1S/C11H17N5OS/c1-11(2,3)16-9(17)6-15-8-5-13-7(4-14-8)10(12)18/h4-5H,6H2,1-3H3,(H2,12,18)(H,14,15)(H,16,17). The molecule has 0 saturated carbocycles. The van der Waals surface area contributed by atoms with Gasteiger partial charge >= 0.3 is 0 Å². The smallest absolute Gasteiger partial charge is 0.239 e. The second kappa shape index (κ2) is 5.72. The number of nitrogens with two attached hydrogens (primary N) is 1. The Morgan fingerprint density at radius 2 is 2.06 bits per heavy atom. The van der Waals surface area contributed by atoms with Crippen LogP contribution in [0, 0.1) is 0 Å². The molecule has 0 atom stereocenters. The summed E-state index contributed by atoms with van der Waals surface area (Å²) in [7, 11) is 0. The molecule has 0 aliphatic rings. The largest absolute Gasteiger partial charge is 0.388 e. The average molecular weight is 267 g/mol. The molecule has 0 bridgehead atoms. The van der Waals surface area contributed by atoms with Crippen LogP contribution >= 0.6 is 12.2 Å². The van der Waals surface area contributed by atoms with E-state index in [9.17, 15) is 4.79 Å². The number of anilines is 1. The Morgan fingerprint density at radius 3 is 2.50 bits per heavy atom. The first-order chi connectivity index (χ1) is 8.28. The molecule has 7 heteroatoms. The van der Waals surface area contributed by atoms with Gasteiger partial charge in [-0.2, -0.15) is 0 Å². The third-order valence-corrected chi connectivity index (χ3v) is 2.06. The predicted octanol–water partition coefficient (Wildman–Crippen LogP) is 0.437. The molecule has 1 aromatic rings. The highest BCUT2D eigenvalue weighted by atomic mass is 32.1. The van der Waals surface area contributed by atoms with Crippen molar-refractivity contribution in [3.63, 3.8) is 0 Å². The number of hydrogen-bond acceptors (Lipinski definition) is 5. The van der Waals surface area contributed by atoms with Crippen LogP contribution in [0.4, 0.5) is 5.82 Å². The molecule has 1 amide bonds. The SMILES string of the molecule is CC(C)(C)NC(=O)CNc1cnc(C(N)=S)cn1. The zero-order valence-electron chi connectivity index (χ0n) is 10.7. The quantitative estimate of drug-likeness (QED) is 0.685. The van der Waals surface area contributed by atoms with Gasteiger partial charge in [-0.15, -0.1) is 0 Å². The van der Waals surface area contributed by atoms with Gasteiger partial charge in [0.25, 0.3) is 0 Å². The molecule has 0 aromatic carbocycles. The third-order valence-electron chi connectivity index (χ3n) is 1.85. The highest BCUT2D eigenvalue weighted by molar-refractivity contribution is 7.80. The predicted molar refractivity (Wildman–Crippen MR) is 74.3 cm³/mol. The monoisotopic (exact) mass is 267 g/mol. The van der Waals surface area contributed by atoms with Crippen LogP contribution in [0.25, 0.3) is 0 Å². The highest BCUT2D eigenvalue weighted by Crippen LogP contribution is 2.01. The van der Waals surface area contributed by atoms with E-state index in [0.29, 0.717) is 11.5 Å². The van der Waals surface area contributed by atoms with E-state index < -0.39 is 0 Å². The Hall–Kier alpha value is -1.76. The highest BCUT2D eigenvalue weighted by Gasteiger charge is 2.13. The van der Waals surface area contributed by atoms with E-state index in [-0.39, 0.29) is 23.0 Å². The topological polar surface area (TPSA) is 92.9 Å². The number of hydrogen-bond donors (Lipinski definition) is 3. The second-order valence-corrected chi connectivity index (χ2v) is 5.24. The molecule has 0 radical (unpaired) electrons. The van der Waals surface area contributed by atoms with E-state index in [4.69, 9.17) is 18.0 Å². The van der Waals surface area contributed by atoms with Crippen molar-refractivity contribution in [1.82, 2.24) is 15.3 Å². The minimum atomic E-state index is -0.250. The summed E-state index contributed by atoms with van der Waals surface area (Å²) in [6, 6.07) is 0. The van der Waals surface area contributed by atoms with Crippen molar-refractivity contribution in [1.29, 1.82) is 0 Å². The minimum Gasteiger partial charge on any atom is -0.388 e. The summed E-state index contributed by atoms with van der Waals surface area (Å²) < 4.78 is 0. The zero-order valence-corrected chi connectivity index (χ0v) is 11.5. The van der Waals surface area contributed by atoms with Crippen molar-refractivity contribution in [3.8, 4) is 0 Å². The van der Waals surface area contributed by atoms with Crippen molar-refractivity contribution < 1.29 is 4.79 Å². The molecule has 0 spiro atoms. The lowest BCUT2D eigenvalue weighted by Crippen LogP contribution is -2.43. The summed E-state index contributed by atoms with van der Waals surface area (Å²) in [4.78, 5) is 19.8. The first-order valence-corrected chi connectivity index (χ1v) is 5.85. The van der Waals surface area contributed by atoms with Gasteiger partial charge in [-0.05, 0) is 20.8 Å². The van der Waals surface area contributed by atoms with E-state index in [1.165, 1.54) is 12.4 Å². The number of carbonyl (C=O) groups is 1.